The molecule has 2 N–H and O–H groups in total. The van der Waals surface area contributed by atoms with Gasteiger partial charge < -0.3 is 10.3 Å². The first-order valence-electron chi connectivity index (χ1n) is 13.0. The van der Waals surface area contributed by atoms with Crippen LogP contribution < -0.4 is 5.32 Å². The lowest BCUT2D eigenvalue weighted by Gasteiger charge is -2.37. The Labute approximate surface area is 219 Å². The van der Waals surface area contributed by atoms with Crippen LogP contribution >= 0.6 is 0 Å². The summed E-state index contributed by atoms with van der Waals surface area (Å²) in [5.74, 6) is 0. The molecule has 2 aromatic heterocycles. The number of fused-ring (bicyclic) bond motifs is 1. The van der Waals surface area contributed by atoms with E-state index in [0.29, 0.717) is 11.6 Å². The summed E-state index contributed by atoms with van der Waals surface area (Å²) < 4.78 is 0. The first kappa shape index (κ1) is 24.8. The molecule has 1 aliphatic heterocycles. The summed E-state index contributed by atoms with van der Waals surface area (Å²) in [6.07, 6.45) is 9.51. The number of nitrogens with one attached hydrogen (secondary N) is 2. The number of nitriles is 1. The normalized spacial score (nSPS) is 15.0. The van der Waals surface area contributed by atoms with E-state index in [-0.39, 0.29) is 0 Å². The molecule has 0 bridgehead atoms. The molecule has 37 heavy (non-hydrogen) atoms. The summed E-state index contributed by atoms with van der Waals surface area (Å²) in [7, 11) is 0. The number of benzene rings is 2. The maximum atomic E-state index is 9.79. The topological polar surface area (TPSA) is 71.0 Å². The number of nitrogens with zero attached hydrogens (tertiary/aromatic N) is 4. The van der Waals surface area contributed by atoms with Crippen molar-refractivity contribution >= 4 is 34.4 Å². The molecule has 0 amide bonds. The standard InChI is InChI=1S/C31H34N6/c1-22(2)37-15-13-36(14-16-37)21-25-6-4-5-24(17-25)7-8-26-19-33-20-27(18-32)31(26)35-29-9-10-30-28(23(29)3)11-12-34-30/h4-12,17,19-20,22,34H,13-16,21H2,1-3H3,(H,33,35). The molecule has 188 valence electrons. The Morgan fingerprint density at radius 1 is 1.08 bits per heavy atom. The quantitative estimate of drug-likeness (QED) is 0.324. The molecule has 1 fully saturated rings. The Morgan fingerprint density at radius 2 is 1.92 bits per heavy atom. The summed E-state index contributed by atoms with van der Waals surface area (Å²) in [6.45, 7) is 12.1. The molecule has 0 atom stereocenters. The average molecular weight is 491 g/mol. The Bertz CT molecular complexity index is 1450. The first-order chi connectivity index (χ1) is 18.0. The zero-order valence-corrected chi connectivity index (χ0v) is 21.8. The van der Waals surface area contributed by atoms with Crippen LogP contribution in [-0.4, -0.2) is 52.0 Å². The summed E-state index contributed by atoms with van der Waals surface area (Å²) in [6, 6.07) is 17.8. The van der Waals surface area contributed by atoms with Crippen molar-refractivity contribution in [2.24, 2.45) is 0 Å². The minimum absolute atomic E-state index is 0.519. The zero-order valence-electron chi connectivity index (χ0n) is 21.8. The van der Waals surface area contributed by atoms with Gasteiger partial charge in [0.05, 0.1) is 11.3 Å². The molecule has 0 radical (unpaired) electrons. The molecular weight excluding hydrogens is 456 g/mol. The molecule has 4 aromatic rings. The highest BCUT2D eigenvalue weighted by Crippen LogP contribution is 2.31. The Kier molecular flexibility index (Phi) is 7.36. The lowest BCUT2D eigenvalue weighted by atomic mass is 10.1. The van der Waals surface area contributed by atoms with Gasteiger partial charge in [0.25, 0.3) is 0 Å². The third-order valence-electron chi connectivity index (χ3n) is 7.31. The molecule has 1 saturated heterocycles. The summed E-state index contributed by atoms with van der Waals surface area (Å²) >= 11 is 0. The predicted octanol–water partition coefficient (Wildman–Crippen LogP) is 6.18. The molecule has 6 nitrogen and oxygen atoms in total. The van der Waals surface area contributed by atoms with Crippen molar-refractivity contribution in [3.05, 3.63) is 88.9 Å². The van der Waals surface area contributed by atoms with Crippen molar-refractivity contribution in [2.75, 3.05) is 31.5 Å². The second kappa shape index (κ2) is 11.0. The van der Waals surface area contributed by atoms with Crippen LogP contribution in [0.1, 0.15) is 41.7 Å². The Morgan fingerprint density at radius 3 is 2.70 bits per heavy atom. The van der Waals surface area contributed by atoms with Crippen LogP contribution in [0.2, 0.25) is 0 Å². The van der Waals surface area contributed by atoms with E-state index in [0.717, 1.165) is 71.7 Å². The van der Waals surface area contributed by atoms with Gasteiger partial charge in [-0.15, -0.1) is 0 Å². The molecule has 6 heteroatoms. The Balaban J connectivity index is 1.35. The van der Waals surface area contributed by atoms with Crippen LogP contribution in [0.15, 0.2) is 61.1 Å². The minimum Gasteiger partial charge on any atom is -0.361 e. The average Bonchev–Trinajstić information content (AvgIpc) is 3.40. The van der Waals surface area contributed by atoms with E-state index in [2.05, 4.69) is 94.4 Å². The van der Waals surface area contributed by atoms with Crippen LogP contribution in [0.25, 0.3) is 23.1 Å². The number of aryl methyl sites for hydroxylation is 1. The fourth-order valence-corrected chi connectivity index (χ4v) is 5.06. The van der Waals surface area contributed by atoms with E-state index >= 15 is 0 Å². The van der Waals surface area contributed by atoms with Gasteiger partial charge in [0.2, 0.25) is 0 Å². The summed E-state index contributed by atoms with van der Waals surface area (Å²) in [5, 5.41) is 14.5. The van der Waals surface area contributed by atoms with Crippen LogP contribution in [0.3, 0.4) is 0 Å². The van der Waals surface area contributed by atoms with E-state index in [4.69, 9.17) is 0 Å². The van der Waals surface area contributed by atoms with Crippen molar-refractivity contribution in [3.63, 3.8) is 0 Å². The van der Waals surface area contributed by atoms with Crippen molar-refractivity contribution in [2.45, 2.75) is 33.4 Å². The van der Waals surface area contributed by atoms with Crippen LogP contribution in [0.4, 0.5) is 11.4 Å². The van der Waals surface area contributed by atoms with E-state index < -0.39 is 0 Å². The van der Waals surface area contributed by atoms with Gasteiger partial charge in [-0.05, 0) is 55.7 Å². The third-order valence-corrected chi connectivity index (χ3v) is 7.31. The largest absolute Gasteiger partial charge is 0.361 e. The molecule has 0 aliphatic carbocycles. The number of piperazine rings is 1. The highest BCUT2D eigenvalue weighted by Gasteiger charge is 2.18. The fourth-order valence-electron chi connectivity index (χ4n) is 5.06. The molecule has 0 unspecified atom stereocenters. The Hall–Kier alpha value is -3.92. The van der Waals surface area contributed by atoms with E-state index in [1.54, 1.807) is 6.20 Å². The SMILES string of the molecule is Cc1c(Nc2c(C#N)cncc2C=Cc2cccc(CN3CCN(C(C)C)CC3)c2)ccc2[nH]ccc12. The number of anilines is 2. The highest BCUT2D eigenvalue weighted by molar-refractivity contribution is 5.90. The number of aromatic nitrogens is 2. The molecule has 3 heterocycles. The number of hydrogen-bond acceptors (Lipinski definition) is 5. The summed E-state index contributed by atoms with van der Waals surface area (Å²) in [4.78, 5) is 12.7. The van der Waals surface area contributed by atoms with E-state index in [9.17, 15) is 5.26 Å². The lowest BCUT2D eigenvalue weighted by Crippen LogP contribution is -2.48. The predicted molar refractivity (Wildman–Crippen MR) is 153 cm³/mol. The van der Waals surface area contributed by atoms with Crippen molar-refractivity contribution in [3.8, 4) is 6.07 Å². The van der Waals surface area contributed by atoms with Gasteiger partial charge in [-0.25, -0.2) is 0 Å². The van der Waals surface area contributed by atoms with Crippen molar-refractivity contribution < 1.29 is 0 Å². The van der Waals surface area contributed by atoms with E-state index in [1.807, 2.05) is 24.5 Å². The van der Waals surface area contributed by atoms with Crippen LogP contribution in [-0.2, 0) is 6.54 Å². The van der Waals surface area contributed by atoms with Gasteiger partial charge in [0.15, 0.2) is 0 Å². The number of hydrogen-bond donors (Lipinski definition) is 2. The van der Waals surface area contributed by atoms with Crippen molar-refractivity contribution in [1.29, 1.82) is 5.26 Å². The first-order valence-corrected chi connectivity index (χ1v) is 13.0. The number of H-pyrrole nitrogens is 1. The van der Waals surface area contributed by atoms with Crippen molar-refractivity contribution in [1.82, 2.24) is 19.8 Å². The van der Waals surface area contributed by atoms with Gasteiger partial charge in [-0.2, -0.15) is 5.26 Å². The maximum absolute atomic E-state index is 9.79. The molecular formula is C31H34N6. The molecule has 2 aromatic carbocycles. The lowest BCUT2D eigenvalue weighted by molar-refractivity contribution is 0.104. The molecule has 0 spiro atoms. The molecule has 0 saturated carbocycles. The maximum Gasteiger partial charge on any atom is 0.103 e. The van der Waals surface area contributed by atoms with Gasteiger partial charge in [0, 0.05) is 79.5 Å². The van der Waals surface area contributed by atoms with Gasteiger partial charge >= 0.3 is 0 Å². The highest BCUT2D eigenvalue weighted by atomic mass is 15.3. The zero-order chi connectivity index (χ0) is 25.8. The summed E-state index contributed by atoms with van der Waals surface area (Å²) in [5.41, 5.74) is 7.83. The number of pyridine rings is 1. The minimum atomic E-state index is 0.519. The van der Waals surface area contributed by atoms with Gasteiger partial charge in [-0.3, -0.25) is 14.8 Å². The molecule has 5 rings (SSSR count). The van der Waals surface area contributed by atoms with Crippen LogP contribution in [0.5, 0.6) is 0 Å². The third kappa shape index (κ3) is 5.59. The monoisotopic (exact) mass is 490 g/mol. The van der Waals surface area contributed by atoms with Gasteiger partial charge in [-0.1, -0.05) is 36.4 Å². The second-order valence-corrected chi connectivity index (χ2v) is 10.0. The number of aromatic amines is 1. The smallest absolute Gasteiger partial charge is 0.103 e. The fraction of sp³-hybridized carbons (Fsp3) is 0.290. The number of rotatable bonds is 7. The van der Waals surface area contributed by atoms with Crippen LogP contribution in [0, 0.1) is 18.3 Å². The van der Waals surface area contributed by atoms with Gasteiger partial charge in [0.1, 0.15) is 6.07 Å². The molecule has 1 aliphatic rings. The second-order valence-electron chi connectivity index (χ2n) is 10.0. The van der Waals surface area contributed by atoms with E-state index in [1.165, 1.54) is 5.56 Å².